The third kappa shape index (κ3) is 3.96. The van der Waals surface area contributed by atoms with Crippen LogP contribution in [0.25, 0.3) is 121 Å². The van der Waals surface area contributed by atoms with Gasteiger partial charge in [-0.15, -0.1) is 0 Å². The minimum Gasteiger partial charge on any atom is -0.0619 e. The minimum absolute atomic E-state index is 0.960. The third-order valence-corrected chi connectivity index (χ3v) is 12.8. The van der Waals surface area contributed by atoms with Gasteiger partial charge in [-0.25, -0.2) is 0 Å². The van der Waals surface area contributed by atoms with E-state index in [4.69, 9.17) is 0 Å². The molecule has 0 nitrogen and oxygen atoms in total. The molecule has 10 aromatic carbocycles. The van der Waals surface area contributed by atoms with Crippen LogP contribution in [0.3, 0.4) is 0 Å². The maximum absolute atomic E-state index is 2.45. The van der Waals surface area contributed by atoms with Crippen molar-refractivity contribution in [2.45, 2.75) is 6.42 Å². The van der Waals surface area contributed by atoms with Crippen molar-refractivity contribution in [3.05, 3.63) is 193 Å². The molecule has 0 radical (unpaired) electrons. The van der Waals surface area contributed by atoms with E-state index in [1.165, 1.54) is 132 Å². The molecule has 0 atom stereocenters. The Balaban J connectivity index is 1.09. The molecule has 0 heteroatoms. The van der Waals surface area contributed by atoms with E-state index < -0.39 is 0 Å². The van der Waals surface area contributed by atoms with Gasteiger partial charge in [0, 0.05) is 0 Å². The van der Waals surface area contributed by atoms with E-state index in [0.717, 1.165) is 6.42 Å². The summed E-state index contributed by atoms with van der Waals surface area (Å²) in [7, 11) is 0. The lowest BCUT2D eigenvalue weighted by Gasteiger charge is -2.23. The van der Waals surface area contributed by atoms with Gasteiger partial charge in [0.25, 0.3) is 0 Å². The minimum atomic E-state index is 0.960. The van der Waals surface area contributed by atoms with Crippen molar-refractivity contribution in [2.75, 3.05) is 0 Å². The quantitative estimate of drug-likeness (QED) is 0.173. The fourth-order valence-corrected chi connectivity index (χ4v) is 10.5. The van der Waals surface area contributed by atoms with E-state index in [2.05, 4.69) is 182 Å². The van der Waals surface area contributed by atoms with E-state index >= 15 is 0 Å². The second kappa shape index (κ2) is 10.8. The summed E-state index contributed by atoms with van der Waals surface area (Å²) in [6, 6.07) is 68.8. The van der Waals surface area contributed by atoms with E-state index in [1.807, 2.05) is 0 Å². The summed E-state index contributed by atoms with van der Waals surface area (Å²) in [5, 5.41) is 8.03. The summed E-state index contributed by atoms with van der Waals surface area (Å²) in [5.41, 5.74) is 23.7. The largest absolute Gasteiger partial charge is 0.0619 e. The van der Waals surface area contributed by atoms with Gasteiger partial charge in [-0.2, -0.15) is 0 Å². The molecule has 10 aromatic rings. The van der Waals surface area contributed by atoms with Gasteiger partial charge in [-0.05, 0) is 157 Å². The maximum Gasteiger partial charge on any atom is -0.00132 e. The number of hydrogen-bond donors (Lipinski definition) is 0. The predicted molar refractivity (Wildman–Crippen MR) is 232 cm³/mol. The van der Waals surface area contributed by atoms with Crippen molar-refractivity contribution in [2.24, 2.45) is 0 Å². The Morgan fingerprint density at radius 2 is 0.545 bits per heavy atom. The first-order chi connectivity index (χ1) is 27.3. The van der Waals surface area contributed by atoms with Crippen molar-refractivity contribution in [3.63, 3.8) is 0 Å². The molecule has 0 spiro atoms. The predicted octanol–water partition coefficient (Wildman–Crippen LogP) is 15.0. The number of rotatable bonds is 3. The van der Waals surface area contributed by atoms with Crippen molar-refractivity contribution >= 4 is 32.3 Å². The lowest BCUT2D eigenvalue weighted by molar-refractivity contribution is 1.20. The number of hydrogen-bond acceptors (Lipinski definition) is 0. The summed E-state index contributed by atoms with van der Waals surface area (Å²) in [4.78, 5) is 0. The van der Waals surface area contributed by atoms with Gasteiger partial charge in [-0.3, -0.25) is 0 Å². The van der Waals surface area contributed by atoms with Crippen LogP contribution in [0.1, 0.15) is 11.1 Å². The highest BCUT2D eigenvalue weighted by Gasteiger charge is 2.26. The molecule has 0 saturated heterocycles. The molecule has 0 unspecified atom stereocenters. The van der Waals surface area contributed by atoms with Gasteiger partial charge in [0.15, 0.2) is 0 Å². The van der Waals surface area contributed by atoms with Crippen LogP contribution in [0.15, 0.2) is 182 Å². The zero-order chi connectivity index (χ0) is 35.8. The molecule has 0 aliphatic heterocycles. The Bertz CT molecular complexity index is 3130. The fraction of sp³-hybridized carbons (Fsp3) is 0.0182. The molecule has 0 N–H and O–H groups in total. The average Bonchev–Trinajstić information content (AvgIpc) is 3.75. The number of fused-ring (bicyclic) bond motifs is 8. The molecular formula is C55H32. The van der Waals surface area contributed by atoms with Gasteiger partial charge < -0.3 is 0 Å². The first-order valence-electron chi connectivity index (χ1n) is 19.4. The average molecular weight is 693 g/mol. The molecule has 0 aromatic heterocycles. The first-order valence-corrected chi connectivity index (χ1v) is 19.4. The SMILES string of the molecule is c1ccc2c(c1)Cc1cccc3c(-c4cc(-c5ccc6c7c(cccc57)-c5ccccc5-6)cc(-c5ccc6c7c(cccc57)-c5ccccc5-6)c4)ccc-2c13. The smallest absolute Gasteiger partial charge is 0.00132 e. The van der Waals surface area contributed by atoms with Gasteiger partial charge in [0.2, 0.25) is 0 Å². The molecule has 0 amide bonds. The molecule has 0 saturated carbocycles. The Hall–Kier alpha value is -7.02. The Morgan fingerprint density at radius 1 is 0.218 bits per heavy atom. The van der Waals surface area contributed by atoms with Crippen LogP contribution >= 0.6 is 0 Å². The van der Waals surface area contributed by atoms with Crippen LogP contribution in [0.4, 0.5) is 0 Å². The second-order valence-electron chi connectivity index (χ2n) is 15.5. The van der Waals surface area contributed by atoms with Gasteiger partial charge in [0.05, 0.1) is 0 Å². The van der Waals surface area contributed by atoms with Crippen molar-refractivity contribution in [3.8, 4) is 89.0 Å². The number of benzene rings is 10. The van der Waals surface area contributed by atoms with Gasteiger partial charge in [0.1, 0.15) is 0 Å². The monoisotopic (exact) mass is 692 g/mol. The van der Waals surface area contributed by atoms with Gasteiger partial charge >= 0.3 is 0 Å². The molecule has 0 bridgehead atoms. The summed E-state index contributed by atoms with van der Waals surface area (Å²) < 4.78 is 0. The lowest BCUT2D eigenvalue weighted by atomic mass is 9.81. The maximum atomic E-state index is 2.45. The molecule has 252 valence electrons. The molecular weight excluding hydrogens is 661 g/mol. The molecule has 0 heterocycles. The summed E-state index contributed by atoms with van der Waals surface area (Å²) in [6.45, 7) is 0. The van der Waals surface area contributed by atoms with E-state index in [1.54, 1.807) is 0 Å². The highest BCUT2D eigenvalue weighted by Crippen LogP contribution is 2.52. The highest BCUT2D eigenvalue weighted by atomic mass is 14.3. The molecule has 0 fully saturated rings. The van der Waals surface area contributed by atoms with E-state index in [0.29, 0.717) is 0 Å². The van der Waals surface area contributed by atoms with Gasteiger partial charge in [-0.1, -0.05) is 164 Å². The van der Waals surface area contributed by atoms with E-state index in [9.17, 15) is 0 Å². The van der Waals surface area contributed by atoms with Crippen LogP contribution in [0.2, 0.25) is 0 Å². The zero-order valence-electron chi connectivity index (χ0n) is 30.0. The lowest BCUT2D eigenvalue weighted by Crippen LogP contribution is -2.01. The van der Waals surface area contributed by atoms with Crippen molar-refractivity contribution in [1.82, 2.24) is 0 Å². The van der Waals surface area contributed by atoms with Crippen LogP contribution in [0.5, 0.6) is 0 Å². The Kier molecular flexibility index (Phi) is 5.77. The zero-order valence-corrected chi connectivity index (χ0v) is 30.0. The van der Waals surface area contributed by atoms with Crippen LogP contribution in [-0.4, -0.2) is 0 Å². The Labute approximate surface area is 319 Å². The van der Waals surface area contributed by atoms with Crippen LogP contribution in [0, 0.1) is 0 Å². The molecule has 3 aliphatic carbocycles. The summed E-state index contributed by atoms with van der Waals surface area (Å²) in [5.74, 6) is 0. The van der Waals surface area contributed by atoms with Crippen LogP contribution in [-0.2, 0) is 6.42 Å². The third-order valence-electron chi connectivity index (χ3n) is 12.8. The van der Waals surface area contributed by atoms with E-state index in [-0.39, 0.29) is 0 Å². The summed E-state index contributed by atoms with van der Waals surface area (Å²) in [6.07, 6.45) is 0.960. The molecule has 13 rings (SSSR count). The normalized spacial score (nSPS) is 12.7. The van der Waals surface area contributed by atoms with Crippen LogP contribution < -0.4 is 0 Å². The van der Waals surface area contributed by atoms with Crippen molar-refractivity contribution < 1.29 is 0 Å². The highest BCUT2D eigenvalue weighted by molar-refractivity contribution is 6.21. The van der Waals surface area contributed by atoms with Crippen molar-refractivity contribution in [1.29, 1.82) is 0 Å². The standard InChI is InChI=1S/C55H32/c1-2-12-37-32(10-1)28-33-11-7-17-45-38(22-25-50(37)53(33)45)34-29-35(39-23-26-51-43-15-5-3-13-41(43)48-20-8-18-46(39)54(48)51)31-36(30-34)40-24-27-52-44-16-6-4-14-42(44)49-21-9-19-47(40)55(49)52/h1-27,29-31H,28H2. The fourth-order valence-electron chi connectivity index (χ4n) is 10.5. The summed E-state index contributed by atoms with van der Waals surface area (Å²) >= 11 is 0. The molecule has 55 heavy (non-hydrogen) atoms. The molecule has 3 aliphatic rings. The Morgan fingerprint density at radius 3 is 1.04 bits per heavy atom. The topological polar surface area (TPSA) is 0 Å². The second-order valence-corrected chi connectivity index (χ2v) is 15.5. The first kappa shape index (κ1) is 29.4.